The number of nitrogens with zero attached hydrogens (tertiary/aromatic N) is 3. The Morgan fingerprint density at radius 2 is 1.82 bits per heavy atom. The molecule has 0 aliphatic heterocycles. The van der Waals surface area contributed by atoms with Gasteiger partial charge < -0.3 is 0 Å². The molecule has 0 saturated carbocycles. The highest BCUT2D eigenvalue weighted by Gasteiger charge is 2.14. The molecular formula is C21H16N4OS2. The van der Waals surface area contributed by atoms with Crippen LogP contribution in [0.4, 0.5) is 5.13 Å². The molecule has 4 rings (SSSR count). The van der Waals surface area contributed by atoms with Crippen molar-refractivity contribution in [1.29, 1.82) is 0 Å². The first-order valence-corrected chi connectivity index (χ1v) is 10.6. The fourth-order valence-electron chi connectivity index (χ4n) is 2.76. The topological polar surface area (TPSA) is 67.8 Å². The van der Waals surface area contributed by atoms with Crippen LogP contribution in [-0.4, -0.2) is 27.1 Å². The molecule has 0 atom stereocenters. The summed E-state index contributed by atoms with van der Waals surface area (Å²) < 4.78 is 0. The van der Waals surface area contributed by atoms with Crippen molar-refractivity contribution in [2.24, 2.45) is 0 Å². The molecule has 3 heterocycles. The molecule has 0 fully saturated rings. The van der Waals surface area contributed by atoms with Gasteiger partial charge in [0.2, 0.25) is 0 Å². The van der Waals surface area contributed by atoms with E-state index in [1.807, 2.05) is 35.9 Å². The Morgan fingerprint density at radius 1 is 1.00 bits per heavy atom. The van der Waals surface area contributed by atoms with Gasteiger partial charge in [0.05, 0.1) is 11.3 Å². The number of amides is 1. The van der Waals surface area contributed by atoms with Gasteiger partial charge in [-0.2, -0.15) is 0 Å². The molecule has 138 valence electrons. The van der Waals surface area contributed by atoms with E-state index in [2.05, 4.69) is 32.4 Å². The summed E-state index contributed by atoms with van der Waals surface area (Å²) >= 11 is 2.84. The zero-order valence-corrected chi connectivity index (χ0v) is 16.6. The van der Waals surface area contributed by atoms with Crippen LogP contribution in [0.15, 0.2) is 77.5 Å². The van der Waals surface area contributed by atoms with Gasteiger partial charge in [-0.15, -0.1) is 23.1 Å². The van der Waals surface area contributed by atoms with Crippen molar-refractivity contribution < 1.29 is 4.79 Å². The molecule has 0 bridgehead atoms. The van der Waals surface area contributed by atoms with Crippen molar-refractivity contribution in [3.63, 3.8) is 0 Å². The summed E-state index contributed by atoms with van der Waals surface area (Å²) in [5.41, 5.74) is 4.57. The van der Waals surface area contributed by atoms with E-state index in [4.69, 9.17) is 0 Å². The third-order valence-electron chi connectivity index (χ3n) is 4.11. The molecule has 0 aliphatic carbocycles. The van der Waals surface area contributed by atoms with Crippen LogP contribution in [0.3, 0.4) is 0 Å². The number of rotatable bonds is 5. The molecule has 0 spiro atoms. The highest BCUT2D eigenvalue weighted by Crippen LogP contribution is 2.29. The molecule has 7 heteroatoms. The quantitative estimate of drug-likeness (QED) is 0.461. The first kappa shape index (κ1) is 18.3. The van der Waals surface area contributed by atoms with Crippen molar-refractivity contribution >= 4 is 34.1 Å². The normalized spacial score (nSPS) is 10.6. The fourth-order valence-corrected chi connectivity index (χ4v) is 4.02. The summed E-state index contributed by atoms with van der Waals surface area (Å²) in [5.74, 6) is -0.205. The van der Waals surface area contributed by atoms with Crippen molar-refractivity contribution in [2.45, 2.75) is 5.03 Å². The molecule has 0 aliphatic rings. The minimum Gasteiger partial charge on any atom is -0.298 e. The molecule has 28 heavy (non-hydrogen) atoms. The van der Waals surface area contributed by atoms with Crippen LogP contribution in [0.2, 0.25) is 0 Å². The minimum absolute atomic E-state index is 0.205. The van der Waals surface area contributed by atoms with Crippen LogP contribution in [-0.2, 0) is 0 Å². The van der Waals surface area contributed by atoms with Crippen molar-refractivity contribution in [3.05, 3.63) is 78.1 Å². The van der Waals surface area contributed by atoms with E-state index in [1.54, 1.807) is 30.7 Å². The minimum atomic E-state index is -0.205. The lowest BCUT2D eigenvalue weighted by atomic mass is 10.0. The number of carbonyl (C=O) groups is 1. The van der Waals surface area contributed by atoms with Crippen LogP contribution in [0.5, 0.6) is 0 Å². The molecule has 1 amide bonds. The zero-order valence-electron chi connectivity index (χ0n) is 15.0. The average Bonchev–Trinajstić information content (AvgIpc) is 3.23. The Labute approximate surface area is 170 Å². The van der Waals surface area contributed by atoms with E-state index in [0.29, 0.717) is 15.7 Å². The monoisotopic (exact) mass is 404 g/mol. The summed E-state index contributed by atoms with van der Waals surface area (Å²) in [7, 11) is 0. The molecule has 0 unspecified atom stereocenters. The summed E-state index contributed by atoms with van der Waals surface area (Å²) in [6.07, 6.45) is 7.13. The van der Waals surface area contributed by atoms with E-state index in [0.717, 1.165) is 22.4 Å². The first-order chi connectivity index (χ1) is 13.7. The number of anilines is 1. The van der Waals surface area contributed by atoms with E-state index >= 15 is 0 Å². The fraction of sp³-hybridized carbons (Fsp3) is 0.0476. The Balaban J connectivity index is 1.56. The number of thioether (sulfide) groups is 1. The van der Waals surface area contributed by atoms with Gasteiger partial charge >= 0.3 is 0 Å². The van der Waals surface area contributed by atoms with Crippen LogP contribution in [0, 0.1) is 0 Å². The third-order valence-corrected chi connectivity index (χ3v) is 5.58. The van der Waals surface area contributed by atoms with Gasteiger partial charge in [-0.05, 0) is 47.7 Å². The second-order valence-corrected chi connectivity index (χ2v) is 7.52. The molecule has 0 saturated heterocycles. The van der Waals surface area contributed by atoms with Gasteiger partial charge in [-0.3, -0.25) is 15.1 Å². The summed E-state index contributed by atoms with van der Waals surface area (Å²) in [6, 6.07) is 15.6. The van der Waals surface area contributed by atoms with Crippen LogP contribution >= 0.6 is 23.1 Å². The number of hydrogen-bond acceptors (Lipinski definition) is 6. The number of thiazole rings is 1. The SMILES string of the molecule is CSc1ncccc1C(=O)Nc1nc(-c2cccc(-c3ccncc3)c2)cs1. The van der Waals surface area contributed by atoms with E-state index in [1.165, 1.54) is 23.1 Å². The number of hydrogen-bond donors (Lipinski definition) is 1. The third kappa shape index (κ3) is 3.95. The molecule has 3 aromatic heterocycles. The predicted octanol–water partition coefficient (Wildman–Crippen LogP) is 5.24. The predicted molar refractivity (Wildman–Crippen MR) is 115 cm³/mol. The van der Waals surface area contributed by atoms with Gasteiger partial charge in [0.25, 0.3) is 5.91 Å². The van der Waals surface area contributed by atoms with Gasteiger partial charge in [0.1, 0.15) is 5.03 Å². The lowest BCUT2D eigenvalue weighted by Crippen LogP contribution is -2.13. The molecule has 0 radical (unpaired) electrons. The zero-order chi connectivity index (χ0) is 19.3. The standard InChI is InChI=1S/C21H16N4OS2/c1-27-20-17(6-3-9-23-20)19(26)25-21-24-18(13-28-21)16-5-2-4-15(12-16)14-7-10-22-11-8-14/h2-13H,1H3,(H,24,25,26). The van der Waals surface area contributed by atoms with Crippen LogP contribution in [0.1, 0.15) is 10.4 Å². The van der Waals surface area contributed by atoms with Crippen LogP contribution < -0.4 is 5.32 Å². The first-order valence-electron chi connectivity index (χ1n) is 8.51. The summed E-state index contributed by atoms with van der Waals surface area (Å²) in [4.78, 5) is 25.5. The maximum absolute atomic E-state index is 12.6. The van der Waals surface area contributed by atoms with Gasteiger partial charge in [-0.1, -0.05) is 18.2 Å². The lowest BCUT2D eigenvalue weighted by molar-refractivity contribution is 0.102. The van der Waals surface area contributed by atoms with Crippen molar-refractivity contribution in [1.82, 2.24) is 15.0 Å². The highest BCUT2D eigenvalue weighted by atomic mass is 32.2. The Morgan fingerprint density at radius 3 is 2.64 bits per heavy atom. The molecule has 5 nitrogen and oxygen atoms in total. The molecule has 4 aromatic rings. The molecular weight excluding hydrogens is 388 g/mol. The van der Waals surface area contributed by atoms with Gasteiger partial charge in [0.15, 0.2) is 5.13 Å². The largest absolute Gasteiger partial charge is 0.298 e. The van der Waals surface area contributed by atoms with E-state index in [9.17, 15) is 4.79 Å². The second-order valence-electron chi connectivity index (χ2n) is 5.87. The number of carbonyl (C=O) groups excluding carboxylic acids is 1. The molecule has 1 N–H and O–H groups in total. The number of nitrogens with one attached hydrogen (secondary N) is 1. The smallest absolute Gasteiger partial charge is 0.260 e. The Bertz CT molecular complexity index is 1110. The number of benzene rings is 1. The average molecular weight is 405 g/mol. The maximum Gasteiger partial charge on any atom is 0.260 e. The van der Waals surface area contributed by atoms with E-state index < -0.39 is 0 Å². The number of pyridine rings is 2. The maximum atomic E-state index is 12.6. The van der Waals surface area contributed by atoms with Crippen LogP contribution in [0.25, 0.3) is 22.4 Å². The highest BCUT2D eigenvalue weighted by molar-refractivity contribution is 7.98. The van der Waals surface area contributed by atoms with Gasteiger partial charge in [-0.25, -0.2) is 9.97 Å². The van der Waals surface area contributed by atoms with E-state index in [-0.39, 0.29) is 5.91 Å². The Kier molecular flexibility index (Phi) is 5.45. The molecule has 1 aromatic carbocycles. The van der Waals surface area contributed by atoms with Crippen molar-refractivity contribution in [2.75, 3.05) is 11.6 Å². The van der Waals surface area contributed by atoms with Crippen molar-refractivity contribution in [3.8, 4) is 22.4 Å². The lowest BCUT2D eigenvalue weighted by Gasteiger charge is -2.05. The van der Waals surface area contributed by atoms with Gasteiger partial charge in [0, 0.05) is 29.5 Å². The Hall–Kier alpha value is -3.03. The summed E-state index contributed by atoms with van der Waals surface area (Å²) in [5, 5.41) is 6.08. The number of aromatic nitrogens is 3. The second kappa shape index (κ2) is 8.33. The summed E-state index contributed by atoms with van der Waals surface area (Å²) in [6.45, 7) is 0.